The van der Waals surface area contributed by atoms with Crippen LogP contribution >= 0.6 is 0 Å². The minimum atomic E-state index is -0.352. The van der Waals surface area contributed by atoms with E-state index in [4.69, 9.17) is 5.73 Å². The van der Waals surface area contributed by atoms with Crippen molar-refractivity contribution in [3.63, 3.8) is 0 Å². The second kappa shape index (κ2) is 4.80. The van der Waals surface area contributed by atoms with E-state index in [2.05, 4.69) is 11.9 Å². The SMILES string of the molecule is CN(CC(O)CN)CC1CCC1. The lowest BCUT2D eigenvalue weighted by Crippen LogP contribution is -2.37. The average molecular weight is 172 g/mol. The van der Waals surface area contributed by atoms with Gasteiger partial charge in [-0.05, 0) is 25.8 Å². The van der Waals surface area contributed by atoms with Gasteiger partial charge in [-0.3, -0.25) is 0 Å². The number of rotatable bonds is 5. The molecule has 0 saturated heterocycles. The van der Waals surface area contributed by atoms with Gasteiger partial charge in [0.25, 0.3) is 0 Å². The van der Waals surface area contributed by atoms with Crippen molar-refractivity contribution in [3.05, 3.63) is 0 Å². The Morgan fingerprint density at radius 2 is 2.25 bits per heavy atom. The van der Waals surface area contributed by atoms with E-state index in [0.29, 0.717) is 13.1 Å². The van der Waals surface area contributed by atoms with Gasteiger partial charge in [-0.15, -0.1) is 0 Å². The Labute approximate surface area is 74.5 Å². The Morgan fingerprint density at radius 1 is 1.58 bits per heavy atom. The largest absolute Gasteiger partial charge is 0.390 e. The van der Waals surface area contributed by atoms with Crippen LogP contribution in [0.3, 0.4) is 0 Å². The molecule has 0 aromatic carbocycles. The summed E-state index contributed by atoms with van der Waals surface area (Å²) in [4.78, 5) is 2.18. The van der Waals surface area contributed by atoms with Crippen molar-refractivity contribution in [2.24, 2.45) is 11.7 Å². The number of likely N-dealkylation sites (N-methyl/N-ethyl adjacent to an activating group) is 1. The van der Waals surface area contributed by atoms with Crippen LogP contribution < -0.4 is 5.73 Å². The molecule has 1 aliphatic rings. The maximum absolute atomic E-state index is 9.27. The summed E-state index contributed by atoms with van der Waals surface area (Å²) in [6.07, 6.45) is 3.76. The van der Waals surface area contributed by atoms with E-state index in [1.807, 2.05) is 0 Å². The van der Waals surface area contributed by atoms with Gasteiger partial charge in [0.05, 0.1) is 6.10 Å². The zero-order chi connectivity index (χ0) is 8.97. The zero-order valence-electron chi connectivity index (χ0n) is 7.87. The molecule has 1 aliphatic carbocycles. The van der Waals surface area contributed by atoms with E-state index in [-0.39, 0.29) is 6.10 Å². The Kier molecular flexibility index (Phi) is 3.98. The van der Waals surface area contributed by atoms with Gasteiger partial charge < -0.3 is 15.7 Å². The summed E-state index contributed by atoms with van der Waals surface area (Å²) >= 11 is 0. The molecule has 0 aromatic heterocycles. The van der Waals surface area contributed by atoms with Crippen LogP contribution in [0.2, 0.25) is 0 Å². The molecule has 3 N–H and O–H groups in total. The second-order valence-electron chi connectivity index (χ2n) is 3.91. The summed E-state index contributed by atoms with van der Waals surface area (Å²) in [7, 11) is 2.05. The maximum atomic E-state index is 9.27. The third kappa shape index (κ3) is 3.09. The third-order valence-electron chi connectivity index (χ3n) is 2.59. The van der Waals surface area contributed by atoms with Gasteiger partial charge in [0, 0.05) is 19.6 Å². The molecule has 0 spiro atoms. The van der Waals surface area contributed by atoms with Crippen molar-refractivity contribution in [1.82, 2.24) is 4.90 Å². The molecule has 3 heteroatoms. The highest BCUT2D eigenvalue weighted by molar-refractivity contribution is 4.73. The van der Waals surface area contributed by atoms with Crippen LogP contribution in [-0.2, 0) is 0 Å². The highest BCUT2D eigenvalue weighted by Gasteiger charge is 2.19. The highest BCUT2D eigenvalue weighted by Crippen LogP contribution is 2.26. The maximum Gasteiger partial charge on any atom is 0.0788 e. The number of aliphatic hydroxyl groups is 1. The first-order chi connectivity index (χ1) is 5.72. The molecule has 0 amide bonds. The van der Waals surface area contributed by atoms with Crippen LogP contribution in [0.1, 0.15) is 19.3 Å². The Balaban J connectivity index is 2.05. The van der Waals surface area contributed by atoms with Crippen molar-refractivity contribution in [3.8, 4) is 0 Å². The zero-order valence-corrected chi connectivity index (χ0v) is 7.87. The average Bonchev–Trinajstić information content (AvgIpc) is 1.97. The molecule has 1 saturated carbocycles. The number of hydrogen-bond acceptors (Lipinski definition) is 3. The van der Waals surface area contributed by atoms with Crippen molar-refractivity contribution in [1.29, 1.82) is 0 Å². The Bertz CT molecular complexity index is 119. The standard InChI is InChI=1S/C9H20N2O/c1-11(7-9(12)5-10)6-8-3-2-4-8/h8-9,12H,2-7,10H2,1H3. The first-order valence-corrected chi connectivity index (χ1v) is 4.79. The van der Waals surface area contributed by atoms with E-state index in [9.17, 15) is 5.11 Å². The van der Waals surface area contributed by atoms with Crippen molar-refractivity contribution in [2.75, 3.05) is 26.7 Å². The Morgan fingerprint density at radius 3 is 2.67 bits per heavy atom. The lowest BCUT2D eigenvalue weighted by molar-refractivity contribution is 0.112. The highest BCUT2D eigenvalue weighted by atomic mass is 16.3. The van der Waals surface area contributed by atoms with Crippen molar-refractivity contribution in [2.45, 2.75) is 25.4 Å². The van der Waals surface area contributed by atoms with Crippen LogP contribution in [-0.4, -0.2) is 42.8 Å². The van der Waals surface area contributed by atoms with Gasteiger partial charge in [-0.1, -0.05) is 6.42 Å². The molecular formula is C9H20N2O. The van der Waals surface area contributed by atoms with E-state index in [1.54, 1.807) is 0 Å². The lowest BCUT2D eigenvalue weighted by Gasteiger charge is -2.30. The molecule has 0 aromatic rings. The fourth-order valence-corrected chi connectivity index (χ4v) is 1.62. The second-order valence-corrected chi connectivity index (χ2v) is 3.91. The van der Waals surface area contributed by atoms with Gasteiger partial charge in [0.15, 0.2) is 0 Å². The third-order valence-corrected chi connectivity index (χ3v) is 2.59. The van der Waals surface area contributed by atoms with E-state index >= 15 is 0 Å². The molecule has 0 radical (unpaired) electrons. The van der Waals surface area contributed by atoms with Gasteiger partial charge >= 0.3 is 0 Å². The number of nitrogens with two attached hydrogens (primary N) is 1. The van der Waals surface area contributed by atoms with E-state index in [0.717, 1.165) is 12.5 Å². The minimum absolute atomic E-state index is 0.352. The van der Waals surface area contributed by atoms with Crippen molar-refractivity contribution < 1.29 is 5.11 Å². The van der Waals surface area contributed by atoms with Crippen LogP contribution in [0.25, 0.3) is 0 Å². The summed E-state index contributed by atoms with van der Waals surface area (Å²) < 4.78 is 0. The fraction of sp³-hybridized carbons (Fsp3) is 1.00. The molecule has 3 nitrogen and oxygen atoms in total. The number of nitrogens with zero attached hydrogens (tertiary/aromatic N) is 1. The van der Waals surface area contributed by atoms with E-state index < -0.39 is 0 Å². The summed E-state index contributed by atoms with van der Waals surface area (Å²) in [6.45, 7) is 2.21. The van der Waals surface area contributed by atoms with Crippen LogP contribution in [0.5, 0.6) is 0 Å². The first kappa shape index (κ1) is 9.96. The molecule has 1 unspecified atom stereocenters. The molecule has 12 heavy (non-hydrogen) atoms. The van der Waals surface area contributed by atoms with Gasteiger partial charge in [0.1, 0.15) is 0 Å². The molecule has 0 aliphatic heterocycles. The molecular weight excluding hydrogens is 152 g/mol. The minimum Gasteiger partial charge on any atom is -0.390 e. The van der Waals surface area contributed by atoms with Crippen LogP contribution in [0.4, 0.5) is 0 Å². The molecule has 1 atom stereocenters. The van der Waals surface area contributed by atoms with Crippen molar-refractivity contribution >= 4 is 0 Å². The first-order valence-electron chi connectivity index (χ1n) is 4.79. The normalized spacial score (nSPS) is 21.0. The predicted octanol–water partition coefficient (Wildman–Crippen LogP) is 0.0379. The predicted molar refractivity (Wildman–Crippen MR) is 49.9 cm³/mol. The molecule has 1 rings (SSSR count). The summed E-state index contributed by atoms with van der Waals surface area (Å²) in [5.74, 6) is 0.875. The number of hydrogen-bond donors (Lipinski definition) is 2. The summed E-state index contributed by atoms with van der Waals surface area (Å²) in [6, 6.07) is 0. The lowest BCUT2D eigenvalue weighted by atomic mass is 9.85. The van der Waals surface area contributed by atoms with Gasteiger partial charge in [-0.25, -0.2) is 0 Å². The fourth-order valence-electron chi connectivity index (χ4n) is 1.62. The van der Waals surface area contributed by atoms with E-state index in [1.165, 1.54) is 19.3 Å². The topological polar surface area (TPSA) is 49.5 Å². The van der Waals surface area contributed by atoms with Crippen LogP contribution in [0.15, 0.2) is 0 Å². The van der Waals surface area contributed by atoms with Crippen LogP contribution in [0, 0.1) is 5.92 Å². The summed E-state index contributed by atoms with van der Waals surface area (Å²) in [5, 5.41) is 9.27. The number of aliphatic hydroxyl groups excluding tert-OH is 1. The Hall–Kier alpha value is -0.120. The molecule has 0 heterocycles. The van der Waals surface area contributed by atoms with Gasteiger partial charge in [0.2, 0.25) is 0 Å². The van der Waals surface area contributed by atoms with Gasteiger partial charge in [-0.2, -0.15) is 0 Å². The monoisotopic (exact) mass is 172 g/mol. The smallest absolute Gasteiger partial charge is 0.0788 e. The molecule has 72 valence electrons. The molecule has 1 fully saturated rings. The molecule has 0 bridgehead atoms. The quantitative estimate of drug-likeness (QED) is 0.615. The summed E-state index contributed by atoms with van der Waals surface area (Å²) in [5.41, 5.74) is 5.32.